The van der Waals surface area contributed by atoms with E-state index in [1.54, 1.807) is 23.5 Å². The van der Waals surface area contributed by atoms with E-state index in [9.17, 15) is 9.59 Å². The molecule has 2 N–H and O–H groups in total. The average molecular weight is 511 g/mol. The molecule has 0 saturated heterocycles. The van der Waals surface area contributed by atoms with E-state index in [0.717, 1.165) is 40.4 Å². The summed E-state index contributed by atoms with van der Waals surface area (Å²) in [7, 11) is 0. The van der Waals surface area contributed by atoms with Crippen molar-refractivity contribution in [1.29, 1.82) is 0 Å². The van der Waals surface area contributed by atoms with Gasteiger partial charge in [0.2, 0.25) is 0 Å². The summed E-state index contributed by atoms with van der Waals surface area (Å²) in [6, 6.07) is 22.9. The van der Waals surface area contributed by atoms with Crippen LogP contribution in [-0.2, 0) is 12.8 Å². The van der Waals surface area contributed by atoms with Crippen molar-refractivity contribution >= 4 is 28.9 Å². The zero-order chi connectivity index (χ0) is 25.6. The van der Waals surface area contributed by atoms with E-state index in [1.165, 1.54) is 37.7 Å². The van der Waals surface area contributed by atoms with Crippen molar-refractivity contribution in [3.8, 4) is 11.3 Å². The second kappa shape index (κ2) is 11.5. The fourth-order valence-corrected chi connectivity index (χ4v) is 5.70. The molecule has 3 aromatic carbocycles. The molecule has 1 heterocycles. The number of amides is 1. The Morgan fingerprint density at radius 1 is 0.838 bits per heavy atom. The first kappa shape index (κ1) is 24.9. The van der Waals surface area contributed by atoms with Gasteiger partial charge in [-0.15, -0.1) is 11.3 Å². The predicted octanol–water partition coefficient (Wildman–Crippen LogP) is 7.59. The minimum atomic E-state index is -0.912. The Labute approximate surface area is 221 Å². The van der Waals surface area contributed by atoms with Gasteiger partial charge < -0.3 is 10.4 Å². The number of aromatic nitrogens is 1. The Bertz CT molecular complexity index is 1350. The molecule has 188 valence electrons. The Hall–Kier alpha value is -3.77. The van der Waals surface area contributed by atoms with Crippen molar-refractivity contribution in [3.05, 3.63) is 105 Å². The quantitative estimate of drug-likeness (QED) is 0.256. The standard InChI is InChI=1S/C31H30N2O3S/c34-30(25-13-11-23(12-14-25)22-4-2-1-3-5-22)32-27-17-15-24(16-18-27)28-20-37-29(33-28)19-8-21-6-9-26(10-7-21)31(35)36/h6-7,9-18,20,22H,1-5,8,19H2,(H,32,34)(H,35,36). The number of rotatable bonds is 8. The van der Waals surface area contributed by atoms with Gasteiger partial charge in [-0.2, -0.15) is 0 Å². The lowest BCUT2D eigenvalue weighted by molar-refractivity contribution is 0.0696. The number of aryl methyl sites for hydroxylation is 2. The predicted molar refractivity (Wildman–Crippen MR) is 149 cm³/mol. The molecule has 0 spiro atoms. The number of aromatic carboxylic acids is 1. The number of carboxylic acids is 1. The number of anilines is 1. The molecule has 4 aromatic rings. The van der Waals surface area contributed by atoms with Crippen molar-refractivity contribution in [3.63, 3.8) is 0 Å². The lowest BCUT2D eigenvalue weighted by Gasteiger charge is -2.22. The molecule has 0 aliphatic heterocycles. The third-order valence-corrected chi connectivity index (χ3v) is 7.98. The molecule has 1 aliphatic rings. The summed E-state index contributed by atoms with van der Waals surface area (Å²) >= 11 is 1.62. The van der Waals surface area contributed by atoms with Crippen LogP contribution in [0.2, 0.25) is 0 Å². The summed E-state index contributed by atoms with van der Waals surface area (Å²) in [4.78, 5) is 28.5. The highest BCUT2D eigenvalue weighted by atomic mass is 32.1. The van der Waals surface area contributed by atoms with Crippen molar-refractivity contribution in [1.82, 2.24) is 4.98 Å². The van der Waals surface area contributed by atoms with Crippen LogP contribution in [0.5, 0.6) is 0 Å². The maximum atomic E-state index is 12.7. The molecule has 1 fully saturated rings. The number of hydrogen-bond donors (Lipinski definition) is 2. The average Bonchev–Trinajstić information content (AvgIpc) is 3.42. The van der Waals surface area contributed by atoms with E-state index in [4.69, 9.17) is 10.1 Å². The monoisotopic (exact) mass is 510 g/mol. The zero-order valence-electron chi connectivity index (χ0n) is 20.7. The lowest BCUT2D eigenvalue weighted by atomic mass is 9.84. The Morgan fingerprint density at radius 2 is 1.51 bits per heavy atom. The molecule has 37 heavy (non-hydrogen) atoms. The van der Waals surface area contributed by atoms with Crippen LogP contribution < -0.4 is 5.32 Å². The van der Waals surface area contributed by atoms with Gasteiger partial charge in [-0.3, -0.25) is 4.79 Å². The van der Waals surface area contributed by atoms with E-state index in [2.05, 4.69) is 17.4 Å². The number of thiazole rings is 1. The lowest BCUT2D eigenvalue weighted by Crippen LogP contribution is -2.12. The summed E-state index contributed by atoms with van der Waals surface area (Å²) in [6.07, 6.45) is 8.04. The molecule has 1 aliphatic carbocycles. The Balaban J connectivity index is 1.15. The minimum Gasteiger partial charge on any atom is -0.478 e. The van der Waals surface area contributed by atoms with Gasteiger partial charge in [0.05, 0.1) is 16.3 Å². The van der Waals surface area contributed by atoms with E-state index >= 15 is 0 Å². The highest BCUT2D eigenvalue weighted by molar-refractivity contribution is 7.09. The third kappa shape index (κ3) is 6.33. The molecule has 1 saturated carbocycles. The highest BCUT2D eigenvalue weighted by Crippen LogP contribution is 2.32. The molecule has 5 nitrogen and oxygen atoms in total. The molecule has 0 atom stereocenters. The van der Waals surface area contributed by atoms with E-state index in [1.807, 2.05) is 53.9 Å². The number of hydrogen-bond acceptors (Lipinski definition) is 4. The first-order valence-electron chi connectivity index (χ1n) is 12.8. The number of carbonyl (C=O) groups is 2. The summed E-state index contributed by atoms with van der Waals surface area (Å²) in [5.41, 5.74) is 6.08. The van der Waals surface area contributed by atoms with Gasteiger partial charge >= 0.3 is 5.97 Å². The second-order valence-electron chi connectivity index (χ2n) is 9.62. The summed E-state index contributed by atoms with van der Waals surface area (Å²) in [5.74, 6) is -0.379. The van der Waals surface area contributed by atoms with Crippen molar-refractivity contribution in [2.75, 3.05) is 5.32 Å². The van der Waals surface area contributed by atoms with Gasteiger partial charge in [0, 0.05) is 28.6 Å². The van der Waals surface area contributed by atoms with Crippen molar-refractivity contribution in [2.24, 2.45) is 0 Å². The van der Waals surface area contributed by atoms with Crippen molar-refractivity contribution in [2.45, 2.75) is 50.9 Å². The first-order chi connectivity index (χ1) is 18.0. The fourth-order valence-electron chi connectivity index (χ4n) is 4.89. The number of benzene rings is 3. The Kier molecular flexibility index (Phi) is 7.76. The molecule has 1 amide bonds. The SMILES string of the molecule is O=C(O)c1ccc(CCc2nc(-c3ccc(NC(=O)c4ccc(C5CCCCC5)cc4)cc3)cs2)cc1. The second-order valence-corrected chi connectivity index (χ2v) is 10.6. The molecule has 0 radical (unpaired) electrons. The molecule has 6 heteroatoms. The molecule has 0 unspecified atom stereocenters. The normalized spacial score (nSPS) is 13.8. The van der Waals surface area contributed by atoms with Gasteiger partial charge in [0.15, 0.2) is 0 Å². The van der Waals surface area contributed by atoms with Crippen LogP contribution in [0.1, 0.15) is 74.9 Å². The van der Waals surface area contributed by atoms with Gasteiger partial charge in [-0.05, 0) is 72.7 Å². The first-order valence-corrected chi connectivity index (χ1v) is 13.7. The summed E-state index contributed by atoms with van der Waals surface area (Å²) in [6.45, 7) is 0. The topological polar surface area (TPSA) is 79.3 Å². The molecule has 0 bridgehead atoms. The van der Waals surface area contributed by atoms with Gasteiger partial charge in [0.1, 0.15) is 0 Å². The van der Waals surface area contributed by atoms with Gasteiger partial charge in [-0.1, -0.05) is 55.7 Å². The van der Waals surface area contributed by atoms with E-state index < -0.39 is 5.97 Å². The van der Waals surface area contributed by atoms with E-state index in [-0.39, 0.29) is 5.91 Å². The molecular formula is C31H30N2O3S. The van der Waals surface area contributed by atoms with Crippen molar-refractivity contribution < 1.29 is 14.7 Å². The maximum absolute atomic E-state index is 12.7. The zero-order valence-corrected chi connectivity index (χ0v) is 21.5. The largest absolute Gasteiger partial charge is 0.478 e. The number of carbonyl (C=O) groups excluding carboxylic acids is 1. The summed E-state index contributed by atoms with van der Waals surface area (Å²) in [5, 5.41) is 15.1. The highest BCUT2D eigenvalue weighted by Gasteiger charge is 2.16. The fraction of sp³-hybridized carbons (Fsp3) is 0.258. The smallest absolute Gasteiger partial charge is 0.335 e. The van der Waals surface area contributed by atoms with Gasteiger partial charge in [-0.25, -0.2) is 9.78 Å². The third-order valence-electron chi connectivity index (χ3n) is 7.07. The number of nitrogens with one attached hydrogen (secondary N) is 1. The maximum Gasteiger partial charge on any atom is 0.335 e. The minimum absolute atomic E-state index is 0.102. The van der Waals surface area contributed by atoms with Crippen LogP contribution in [0.4, 0.5) is 5.69 Å². The van der Waals surface area contributed by atoms with Crippen LogP contribution in [0.3, 0.4) is 0 Å². The number of nitrogens with zero attached hydrogens (tertiary/aromatic N) is 1. The van der Waals surface area contributed by atoms with Crippen LogP contribution in [0.25, 0.3) is 11.3 Å². The number of carboxylic acid groups (broad SMARTS) is 1. The van der Waals surface area contributed by atoms with Crippen LogP contribution in [0.15, 0.2) is 78.2 Å². The van der Waals surface area contributed by atoms with Gasteiger partial charge in [0.25, 0.3) is 5.91 Å². The Morgan fingerprint density at radius 3 is 2.19 bits per heavy atom. The molecular weight excluding hydrogens is 480 g/mol. The van der Waals surface area contributed by atoms with Crippen LogP contribution in [-0.4, -0.2) is 22.0 Å². The van der Waals surface area contributed by atoms with Crippen LogP contribution in [0, 0.1) is 0 Å². The summed E-state index contributed by atoms with van der Waals surface area (Å²) < 4.78 is 0. The van der Waals surface area contributed by atoms with Crippen LogP contribution >= 0.6 is 11.3 Å². The molecule has 5 rings (SSSR count). The van der Waals surface area contributed by atoms with E-state index in [0.29, 0.717) is 17.0 Å². The molecule has 1 aromatic heterocycles.